The van der Waals surface area contributed by atoms with Gasteiger partial charge in [0.1, 0.15) is 0 Å². The third-order valence-electron chi connectivity index (χ3n) is 0.975. The number of aliphatic hydroxyl groups excluding tert-OH is 1. The van der Waals surface area contributed by atoms with Crippen molar-refractivity contribution >= 4 is 5.97 Å². The van der Waals surface area contributed by atoms with E-state index in [0.29, 0.717) is 6.42 Å². The number of carbonyl (C=O) groups excluding carboxylic acids is 1. The lowest BCUT2D eigenvalue weighted by Gasteiger charge is -1.90. The van der Waals surface area contributed by atoms with Crippen LogP contribution < -0.4 is 0 Å². The molecular formula is C7H12O3. The van der Waals surface area contributed by atoms with Crippen molar-refractivity contribution in [2.75, 3.05) is 13.7 Å². The summed E-state index contributed by atoms with van der Waals surface area (Å²) in [6.07, 6.45) is 4.31. The van der Waals surface area contributed by atoms with Gasteiger partial charge in [0.25, 0.3) is 0 Å². The van der Waals surface area contributed by atoms with Gasteiger partial charge in [-0.2, -0.15) is 0 Å². The van der Waals surface area contributed by atoms with Crippen LogP contribution >= 0.6 is 0 Å². The molecule has 0 aromatic carbocycles. The number of rotatable bonds is 4. The van der Waals surface area contributed by atoms with Crippen LogP contribution in [0.2, 0.25) is 0 Å². The van der Waals surface area contributed by atoms with Gasteiger partial charge in [-0.15, -0.1) is 0 Å². The molecule has 0 rings (SSSR count). The lowest BCUT2D eigenvalue weighted by Crippen LogP contribution is -1.96. The van der Waals surface area contributed by atoms with Crippen LogP contribution in [0, 0.1) is 0 Å². The molecule has 0 saturated heterocycles. The molecule has 0 radical (unpaired) electrons. The second-order valence-electron chi connectivity index (χ2n) is 1.76. The molecule has 0 aromatic rings. The highest BCUT2D eigenvalue weighted by Gasteiger charge is 1.92. The second kappa shape index (κ2) is 6.29. The Bertz CT molecular complexity index is 118. The summed E-state index contributed by atoms with van der Waals surface area (Å²) < 4.78 is 4.38. The van der Waals surface area contributed by atoms with Crippen LogP contribution in [0.25, 0.3) is 0 Å². The zero-order chi connectivity index (χ0) is 7.82. The van der Waals surface area contributed by atoms with Crippen molar-refractivity contribution in [1.29, 1.82) is 0 Å². The Kier molecular flexibility index (Phi) is 5.77. The van der Waals surface area contributed by atoms with E-state index < -0.39 is 0 Å². The maximum absolute atomic E-state index is 10.4. The van der Waals surface area contributed by atoms with Gasteiger partial charge in [0, 0.05) is 6.61 Å². The maximum atomic E-state index is 10.4. The van der Waals surface area contributed by atoms with Crippen LogP contribution in [0.3, 0.4) is 0 Å². The summed E-state index contributed by atoms with van der Waals surface area (Å²) in [7, 11) is 1.35. The van der Waals surface area contributed by atoms with Crippen molar-refractivity contribution in [2.24, 2.45) is 0 Å². The van der Waals surface area contributed by atoms with Gasteiger partial charge >= 0.3 is 5.97 Å². The molecule has 3 nitrogen and oxygen atoms in total. The molecule has 0 heterocycles. The molecule has 0 spiro atoms. The van der Waals surface area contributed by atoms with Gasteiger partial charge in [0.05, 0.1) is 13.5 Å². The first-order valence-electron chi connectivity index (χ1n) is 3.14. The maximum Gasteiger partial charge on any atom is 0.309 e. The fourth-order valence-electron chi connectivity index (χ4n) is 0.455. The largest absolute Gasteiger partial charge is 0.469 e. The van der Waals surface area contributed by atoms with Gasteiger partial charge in [0.2, 0.25) is 0 Å². The first kappa shape index (κ1) is 9.17. The van der Waals surface area contributed by atoms with E-state index >= 15 is 0 Å². The standard InChI is InChI=1S/C7H12O3/c1-10-7(9)5-3-2-4-6-8/h2-3,8H,4-6H2,1H3. The Morgan fingerprint density at radius 2 is 2.30 bits per heavy atom. The van der Waals surface area contributed by atoms with Gasteiger partial charge in [0.15, 0.2) is 0 Å². The van der Waals surface area contributed by atoms with E-state index in [2.05, 4.69) is 4.74 Å². The number of hydrogen-bond donors (Lipinski definition) is 1. The van der Waals surface area contributed by atoms with E-state index in [1.54, 1.807) is 12.2 Å². The quantitative estimate of drug-likeness (QED) is 0.461. The average molecular weight is 144 g/mol. The number of ether oxygens (including phenoxy) is 1. The minimum absolute atomic E-state index is 0.123. The molecule has 0 fully saturated rings. The molecule has 3 heteroatoms. The molecule has 58 valence electrons. The van der Waals surface area contributed by atoms with Gasteiger partial charge < -0.3 is 9.84 Å². The van der Waals surface area contributed by atoms with Crippen molar-refractivity contribution < 1.29 is 14.6 Å². The molecule has 0 aromatic heterocycles. The van der Waals surface area contributed by atoms with Gasteiger partial charge in [-0.3, -0.25) is 4.79 Å². The molecule has 1 N–H and O–H groups in total. The summed E-state index contributed by atoms with van der Waals surface area (Å²) in [6, 6.07) is 0. The zero-order valence-corrected chi connectivity index (χ0v) is 6.04. The van der Waals surface area contributed by atoms with E-state index in [1.165, 1.54) is 7.11 Å². The van der Waals surface area contributed by atoms with Crippen molar-refractivity contribution in [3.05, 3.63) is 12.2 Å². The molecular weight excluding hydrogens is 132 g/mol. The Morgan fingerprint density at radius 3 is 2.80 bits per heavy atom. The predicted octanol–water partition coefficient (Wildman–Crippen LogP) is 0.488. The highest BCUT2D eigenvalue weighted by Crippen LogP contribution is 1.88. The highest BCUT2D eigenvalue weighted by molar-refractivity contribution is 5.70. The summed E-state index contributed by atoms with van der Waals surface area (Å²) in [4.78, 5) is 10.4. The van der Waals surface area contributed by atoms with Crippen LogP contribution in [0.5, 0.6) is 0 Å². The van der Waals surface area contributed by atoms with Crippen molar-refractivity contribution in [1.82, 2.24) is 0 Å². The van der Waals surface area contributed by atoms with E-state index in [4.69, 9.17) is 5.11 Å². The van der Waals surface area contributed by atoms with E-state index in [-0.39, 0.29) is 19.0 Å². The number of aliphatic hydroxyl groups is 1. The smallest absolute Gasteiger partial charge is 0.309 e. The number of carbonyl (C=O) groups is 1. The highest BCUT2D eigenvalue weighted by atomic mass is 16.5. The fraction of sp³-hybridized carbons (Fsp3) is 0.571. The summed E-state index contributed by atoms with van der Waals surface area (Å²) in [5, 5.41) is 8.32. The number of esters is 1. The summed E-state index contributed by atoms with van der Waals surface area (Å²) >= 11 is 0. The number of hydrogen-bond acceptors (Lipinski definition) is 3. The van der Waals surface area contributed by atoms with Gasteiger partial charge in [-0.25, -0.2) is 0 Å². The fourth-order valence-corrected chi connectivity index (χ4v) is 0.455. The second-order valence-corrected chi connectivity index (χ2v) is 1.76. The van der Waals surface area contributed by atoms with Crippen molar-refractivity contribution in [2.45, 2.75) is 12.8 Å². The van der Waals surface area contributed by atoms with E-state index in [0.717, 1.165) is 0 Å². The molecule has 0 bridgehead atoms. The lowest BCUT2D eigenvalue weighted by atomic mass is 10.3. The Labute approximate surface area is 60.3 Å². The predicted molar refractivity (Wildman–Crippen MR) is 37.5 cm³/mol. The normalized spacial score (nSPS) is 10.2. The molecule has 0 aliphatic carbocycles. The third-order valence-corrected chi connectivity index (χ3v) is 0.975. The molecule has 0 saturated carbocycles. The lowest BCUT2D eigenvalue weighted by molar-refractivity contribution is -0.139. The monoisotopic (exact) mass is 144 g/mol. The first-order chi connectivity index (χ1) is 4.81. The van der Waals surface area contributed by atoms with Crippen molar-refractivity contribution in [3.8, 4) is 0 Å². The van der Waals surface area contributed by atoms with Crippen LogP contribution in [0.1, 0.15) is 12.8 Å². The van der Waals surface area contributed by atoms with E-state index in [9.17, 15) is 4.79 Å². The summed E-state index contributed by atoms with van der Waals surface area (Å²) in [5.74, 6) is -0.255. The summed E-state index contributed by atoms with van der Waals surface area (Å²) in [6.45, 7) is 0.123. The average Bonchev–Trinajstić information content (AvgIpc) is 1.98. The van der Waals surface area contributed by atoms with E-state index in [1.807, 2.05) is 0 Å². The topological polar surface area (TPSA) is 46.5 Å². The van der Waals surface area contributed by atoms with Crippen LogP contribution in [0.15, 0.2) is 12.2 Å². The minimum Gasteiger partial charge on any atom is -0.469 e. The third kappa shape index (κ3) is 5.31. The zero-order valence-electron chi connectivity index (χ0n) is 6.04. The van der Waals surface area contributed by atoms with Crippen LogP contribution in [-0.4, -0.2) is 24.8 Å². The van der Waals surface area contributed by atoms with Crippen LogP contribution in [0.4, 0.5) is 0 Å². The van der Waals surface area contributed by atoms with Gasteiger partial charge in [-0.1, -0.05) is 12.2 Å². The Hall–Kier alpha value is -0.830. The Balaban J connectivity index is 3.25. The molecule has 10 heavy (non-hydrogen) atoms. The van der Waals surface area contributed by atoms with Crippen LogP contribution in [-0.2, 0) is 9.53 Å². The molecule has 0 aliphatic rings. The SMILES string of the molecule is COC(=O)CC=CCCO. The van der Waals surface area contributed by atoms with Crippen molar-refractivity contribution in [3.63, 3.8) is 0 Å². The molecule has 0 unspecified atom stereocenters. The Morgan fingerprint density at radius 1 is 1.60 bits per heavy atom. The van der Waals surface area contributed by atoms with Gasteiger partial charge in [-0.05, 0) is 6.42 Å². The minimum atomic E-state index is -0.255. The molecule has 0 amide bonds. The summed E-state index contributed by atoms with van der Waals surface area (Å²) in [5.41, 5.74) is 0. The molecule has 0 atom stereocenters. The molecule has 0 aliphatic heterocycles. The number of methoxy groups -OCH3 is 1. The first-order valence-corrected chi connectivity index (χ1v) is 3.14.